The molecule has 0 bridgehead atoms. The number of carboxylic acids is 1. The molecule has 0 aromatic rings. The SMILES string of the molecule is C=C(CCCC1CCCCCCCCCC1)C(=O)O. The van der Waals surface area contributed by atoms with Crippen LogP contribution in [-0.2, 0) is 4.79 Å². The topological polar surface area (TPSA) is 37.3 Å². The lowest BCUT2D eigenvalue weighted by Gasteiger charge is -2.16. The summed E-state index contributed by atoms with van der Waals surface area (Å²) >= 11 is 0. The van der Waals surface area contributed by atoms with Gasteiger partial charge in [0.15, 0.2) is 0 Å². The van der Waals surface area contributed by atoms with Gasteiger partial charge in [-0.25, -0.2) is 4.79 Å². The molecular formula is C17H30O2. The predicted molar refractivity (Wildman–Crippen MR) is 80.3 cm³/mol. The molecule has 0 saturated heterocycles. The van der Waals surface area contributed by atoms with Crippen LogP contribution in [0.5, 0.6) is 0 Å². The highest BCUT2D eigenvalue weighted by Gasteiger charge is 2.11. The molecule has 19 heavy (non-hydrogen) atoms. The van der Waals surface area contributed by atoms with E-state index in [4.69, 9.17) is 5.11 Å². The first-order valence-corrected chi connectivity index (χ1v) is 8.11. The summed E-state index contributed by atoms with van der Waals surface area (Å²) in [5.74, 6) is -0.0119. The average molecular weight is 266 g/mol. The van der Waals surface area contributed by atoms with E-state index in [-0.39, 0.29) is 0 Å². The standard InChI is InChI=1S/C17H30O2/c1-15(17(18)19)11-10-14-16-12-8-6-4-2-3-5-7-9-13-16/h16H,1-14H2,(H,18,19). The highest BCUT2D eigenvalue weighted by Crippen LogP contribution is 2.25. The van der Waals surface area contributed by atoms with Crippen LogP contribution in [0, 0.1) is 5.92 Å². The van der Waals surface area contributed by atoms with Crippen molar-refractivity contribution in [3.05, 3.63) is 12.2 Å². The Morgan fingerprint density at radius 3 is 1.89 bits per heavy atom. The van der Waals surface area contributed by atoms with Crippen molar-refractivity contribution < 1.29 is 9.90 Å². The zero-order chi connectivity index (χ0) is 13.9. The lowest BCUT2D eigenvalue weighted by Crippen LogP contribution is -2.03. The Hall–Kier alpha value is -0.790. The van der Waals surface area contributed by atoms with Crippen molar-refractivity contribution in [1.82, 2.24) is 0 Å². The van der Waals surface area contributed by atoms with Crippen LogP contribution in [0.4, 0.5) is 0 Å². The maximum atomic E-state index is 10.7. The molecule has 0 unspecified atom stereocenters. The molecule has 0 amide bonds. The molecule has 2 heteroatoms. The Balaban J connectivity index is 2.23. The molecule has 1 fully saturated rings. The van der Waals surface area contributed by atoms with E-state index in [1.807, 2.05) is 0 Å². The Bertz CT molecular complexity index is 258. The van der Waals surface area contributed by atoms with Crippen LogP contribution in [-0.4, -0.2) is 11.1 Å². The number of hydrogen-bond acceptors (Lipinski definition) is 1. The summed E-state index contributed by atoms with van der Waals surface area (Å²) in [5, 5.41) is 8.80. The van der Waals surface area contributed by atoms with E-state index >= 15 is 0 Å². The van der Waals surface area contributed by atoms with E-state index in [9.17, 15) is 4.79 Å². The summed E-state index contributed by atoms with van der Waals surface area (Å²) in [4.78, 5) is 10.7. The molecular weight excluding hydrogens is 236 g/mol. The molecule has 1 saturated carbocycles. The van der Waals surface area contributed by atoms with E-state index in [1.54, 1.807) is 0 Å². The molecule has 0 heterocycles. The van der Waals surface area contributed by atoms with Gasteiger partial charge in [0, 0.05) is 5.57 Å². The second kappa shape index (κ2) is 10.1. The van der Waals surface area contributed by atoms with E-state index in [2.05, 4.69) is 6.58 Å². The summed E-state index contributed by atoms with van der Waals surface area (Å²) in [6.45, 7) is 3.61. The molecule has 1 aliphatic rings. The molecule has 1 N–H and O–H groups in total. The van der Waals surface area contributed by atoms with Gasteiger partial charge in [0.05, 0.1) is 0 Å². The van der Waals surface area contributed by atoms with Gasteiger partial charge in [-0.2, -0.15) is 0 Å². The third-order valence-corrected chi connectivity index (χ3v) is 4.37. The van der Waals surface area contributed by atoms with Gasteiger partial charge in [0.1, 0.15) is 0 Å². The van der Waals surface area contributed by atoms with Crippen molar-refractivity contribution >= 4 is 5.97 Å². The van der Waals surface area contributed by atoms with Gasteiger partial charge in [-0.15, -0.1) is 0 Å². The number of carboxylic acid groups (broad SMARTS) is 1. The van der Waals surface area contributed by atoms with Crippen LogP contribution in [0.25, 0.3) is 0 Å². The molecule has 0 radical (unpaired) electrons. The van der Waals surface area contributed by atoms with Crippen molar-refractivity contribution in [2.45, 2.75) is 83.5 Å². The minimum atomic E-state index is -0.831. The van der Waals surface area contributed by atoms with Crippen molar-refractivity contribution in [2.75, 3.05) is 0 Å². The van der Waals surface area contributed by atoms with Crippen molar-refractivity contribution in [2.24, 2.45) is 5.92 Å². The molecule has 0 aromatic carbocycles. The smallest absolute Gasteiger partial charge is 0.330 e. The molecule has 0 aromatic heterocycles. The third-order valence-electron chi connectivity index (χ3n) is 4.37. The van der Waals surface area contributed by atoms with E-state index in [0.29, 0.717) is 12.0 Å². The summed E-state index contributed by atoms with van der Waals surface area (Å²) in [6, 6.07) is 0. The van der Waals surface area contributed by atoms with Gasteiger partial charge < -0.3 is 5.11 Å². The van der Waals surface area contributed by atoms with Gasteiger partial charge in [0.2, 0.25) is 0 Å². The first-order valence-electron chi connectivity index (χ1n) is 8.11. The Labute approximate surface area is 118 Å². The molecule has 2 nitrogen and oxygen atoms in total. The lowest BCUT2D eigenvalue weighted by atomic mass is 9.90. The molecule has 0 atom stereocenters. The maximum Gasteiger partial charge on any atom is 0.330 e. The highest BCUT2D eigenvalue weighted by molar-refractivity contribution is 5.85. The molecule has 1 aliphatic carbocycles. The van der Waals surface area contributed by atoms with Crippen LogP contribution in [0.2, 0.25) is 0 Å². The quantitative estimate of drug-likeness (QED) is 0.683. The second-order valence-electron chi connectivity index (χ2n) is 6.07. The van der Waals surface area contributed by atoms with Gasteiger partial charge in [0.25, 0.3) is 0 Å². The fourth-order valence-corrected chi connectivity index (χ4v) is 3.07. The summed E-state index contributed by atoms with van der Waals surface area (Å²) < 4.78 is 0. The van der Waals surface area contributed by atoms with Crippen molar-refractivity contribution in [3.63, 3.8) is 0 Å². The Morgan fingerprint density at radius 1 is 0.947 bits per heavy atom. The Morgan fingerprint density at radius 2 is 1.42 bits per heavy atom. The first-order chi connectivity index (χ1) is 9.20. The van der Waals surface area contributed by atoms with Gasteiger partial charge >= 0.3 is 5.97 Å². The fraction of sp³-hybridized carbons (Fsp3) is 0.824. The van der Waals surface area contributed by atoms with Gasteiger partial charge in [-0.1, -0.05) is 77.2 Å². The average Bonchev–Trinajstić information content (AvgIpc) is 2.44. The lowest BCUT2D eigenvalue weighted by molar-refractivity contribution is -0.132. The predicted octanol–water partition coefficient (Wildman–Crippen LogP) is 5.33. The molecule has 0 spiro atoms. The number of hydrogen-bond donors (Lipinski definition) is 1. The molecule has 110 valence electrons. The van der Waals surface area contributed by atoms with Gasteiger partial charge in [-0.3, -0.25) is 0 Å². The fourth-order valence-electron chi connectivity index (χ4n) is 3.07. The van der Waals surface area contributed by atoms with Crippen LogP contribution >= 0.6 is 0 Å². The number of rotatable bonds is 5. The summed E-state index contributed by atoms with van der Waals surface area (Å²) in [6.07, 6.45) is 16.7. The van der Waals surface area contributed by atoms with E-state index in [1.165, 1.54) is 70.6 Å². The van der Waals surface area contributed by atoms with Crippen molar-refractivity contribution in [1.29, 1.82) is 0 Å². The molecule has 1 rings (SSSR count). The normalized spacial score (nSPS) is 19.6. The number of carbonyl (C=O) groups is 1. The van der Waals surface area contributed by atoms with E-state index < -0.39 is 5.97 Å². The van der Waals surface area contributed by atoms with Crippen LogP contribution in [0.1, 0.15) is 83.5 Å². The van der Waals surface area contributed by atoms with Gasteiger partial charge in [-0.05, 0) is 18.8 Å². The summed E-state index contributed by atoms with van der Waals surface area (Å²) in [7, 11) is 0. The minimum absolute atomic E-state index is 0.372. The maximum absolute atomic E-state index is 10.7. The zero-order valence-electron chi connectivity index (χ0n) is 12.3. The third kappa shape index (κ3) is 8.07. The van der Waals surface area contributed by atoms with E-state index in [0.717, 1.165) is 12.3 Å². The largest absolute Gasteiger partial charge is 0.478 e. The Kier molecular flexibility index (Phi) is 8.61. The van der Waals surface area contributed by atoms with Crippen LogP contribution in [0.3, 0.4) is 0 Å². The highest BCUT2D eigenvalue weighted by atomic mass is 16.4. The number of aliphatic carboxylic acids is 1. The second-order valence-corrected chi connectivity index (χ2v) is 6.07. The van der Waals surface area contributed by atoms with Crippen molar-refractivity contribution in [3.8, 4) is 0 Å². The first kappa shape index (κ1) is 16.3. The van der Waals surface area contributed by atoms with Crippen LogP contribution < -0.4 is 0 Å². The van der Waals surface area contributed by atoms with Crippen LogP contribution in [0.15, 0.2) is 12.2 Å². The minimum Gasteiger partial charge on any atom is -0.478 e. The monoisotopic (exact) mass is 266 g/mol. The zero-order valence-corrected chi connectivity index (χ0v) is 12.3. The molecule has 0 aliphatic heterocycles. The summed E-state index contributed by atoms with van der Waals surface area (Å²) in [5.41, 5.74) is 0.372.